The summed E-state index contributed by atoms with van der Waals surface area (Å²) in [4.78, 5) is 30.0. The molecule has 0 radical (unpaired) electrons. The van der Waals surface area contributed by atoms with E-state index < -0.39 is 77.5 Å². The molecule has 2 aromatic rings. The predicted molar refractivity (Wildman–Crippen MR) is 205 cm³/mol. The number of carbonyl (C=O) groups is 2. The van der Waals surface area contributed by atoms with Crippen LogP contribution < -0.4 is 20.3 Å². The second-order valence-electron chi connectivity index (χ2n) is 15.2. The van der Waals surface area contributed by atoms with E-state index in [-0.39, 0.29) is 44.7 Å². The van der Waals surface area contributed by atoms with Crippen molar-refractivity contribution >= 4 is 39.5 Å². The van der Waals surface area contributed by atoms with Gasteiger partial charge in [0.2, 0.25) is 0 Å². The first kappa shape index (κ1) is 38.9. The lowest BCUT2D eigenvalue weighted by Crippen LogP contribution is -2.44. The first-order chi connectivity index (χ1) is 25.4. The van der Waals surface area contributed by atoms with Gasteiger partial charge >= 0.3 is 5.79 Å². The van der Waals surface area contributed by atoms with Crippen LogP contribution in [0.25, 0.3) is 10.8 Å². The minimum Gasteiger partial charge on any atom is -0.507 e. The molecule has 1 amide bonds. The minimum atomic E-state index is -1.91. The highest BCUT2D eigenvalue weighted by Crippen LogP contribution is 2.59. The summed E-state index contributed by atoms with van der Waals surface area (Å²) < 4.78 is 17.9. The van der Waals surface area contributed by atoms with Gasteiger partial charge in [-0.05, 0) is 44.6 Å². The van der Waals surface area contributed by atoms with Crippen molar-refractivity contribution in [2.75, 3.05) is 22.6 Å². The van der Waals surface area contributed by atoms with Gasteiger partial charge in [0.05, 0.1) is 53.0 Å². The molecule has 6 rings (SSSR count). The van der Waals surface area contributed by atoms with Gasteiger partial charge in [-0.25, -0.2) is 0 Å². The third kappa shape index (κ3) is 6.32. The number of anilines is 3. The number of amides is 1. The highest BCUT2D eigenvalue weighted by atomic mass is 16.7. The number of allylic oxidation sites excluding steroid dienone is 4. The number of hydrogen-bond donors (Lipinski definition) is 7. The number of methoxy groups -OCH3 is 1. The maximum Gasteiger partial charge on any atom is 0.312 e. The Hall–Kier alpha value is -4.82. The van der Waals surface area contributed by atoms with Crippen molar-refractivity contribution in [3.8, 4) is 17.2 Å². The average Bonchev–Trinajstić information content (AvgIpc) is 3.64. The van der Waals surface area contributed by atoms with Crippen LogP contribution in [0.5, 0.6) is 17.2 Å². The monoisotopic (exact) mass is 745 g/mol. The van der Waals surface area contributed by atoms with Gasteiger partial charge in [0.1, 0.15) is 23.4 Å². The summed E-state index contributed by atoms with van der Waals surface area (Å²) >= 11 is 0. The maximum absolute atomic E-state index is 14.5. The Labute approximate surface area is 314 Å². The molecule has 0 aromatic heterocycles. The Morgan fingerprint density at radius 2 is 1.56 bits per heavy atom. The zero-order valence-electron chi connectivity index (χ0n) is 32.0. The Morgan fingerprint density at radius 3 is 2.24 bits per heavy atom. The van der Waals surface area contributed by atoms with E-state index >= 15 is 0 Å². The van der Waals surface area contributed by atoms with Crippen molar-refractivity contribution < 1.29 is 49.3 Å². The van der Waals surface area contributed by atoms with Gasteiger partial charge in [0.25, 0.3) is 11.7 Å². The number of aliphatic hydroxyl groups is 3. The van der Waals surface area contributed by atoms with Crippen molar-refractivity contribution in [1.82, 2.24) is 0 Å². The van der Waals surface area contributed by atoms with E-state index in [9.17, 15) is 35.1 Å². The molecule has 2 aromatic carbocycles. The molecule has 4 heterocycles. The lowest BCUT2D eigenvalue weighted by atomic mass is 9.78. The third-order valence-electron chi connectivity index (χ3n) is 11.5. The largest absolute Gasteiger partial charge is 0.507 e. The quantitative estimate of drug-likeness (QED) is 0.143. The molecule has 0 saturated carbocycles. The Bertz CT molecular complexity index is 2030. The number of benzene rings is 2. The summed E-state index contributed by atoms with van der Waals surface area (Å²) in [5, 5.41) is 63.9. The standard InChI is InChI=1S/C41H51N3O10/c1-18-13-15-44-26(17-18)42-30-27-28-36(48)24(7)38-29(27)39(50)41(8,54-38)53-16-14-25(52-9)21(4)34(46)23(6)35(47)22(5)33(45)19(2)11-10-12-20(3)40(51)43-31(32(30)44)37(28)49/h10-17,19,21-23,25-26,33-35,42,45-49H,1-9H3,(H,43,51). The van der Waals surface area contributed by atoms with E-state index in [0.717, 1.165) is 5.57 Å². The summed E-state index contributed by atoms with van der Waals surface area (Å²) in [5.74, 6) is -6.04. The molecule has 290 valence electrons. The fraction of sp³-hybridized carbons (Fsp3) is 0.463. The number of Topliss-reactive ketones (excluding diaryl/α,β-unsaturated/α-hetero) is 1. The number of carbonyl (C=O) groups excluding carboxylic acids is 2. The Kier molecular flexibility index (Phi) is 10.4. The molecule has 54 heavy (non-hydrogen) atoms. The second kappa shape index (κ2) is 14.4. The number of rotatable bonds is 1. The first-order valence-electron chi connectivity index (χ1n) is 18.2. The van der Waals surface area contributed by atoms with Crippen LogP contribution in [0.1, 0.15) is 64.4 Å². The van der Waals surface area contributed by atoms with Crippen LogP contribution in [0, 0.1) is 30.6 Å². The van der Waals surface area contributed by atoms with Gasteiger partial charge < -0.3 is 55.3 Å². The number of nitrogens with one attached hydrogen (secondary N) is 2. The highest BCUT2D eigenvalue weighted by molar-refractivity contribution is 6.27. The fourth-order valence-corrected chi connectivity index (χ4v) is 7.88. The molecule has 0 saturated heterocycles. The number of ether oxygens (including phenoxy) is 3. The number of phenols is 2. The van der Waals surface area contributed by atoms with E-state index in [1.807, 2.05) is 24.0 Å². The SMILES string of the molecule is COC1C=COC2(C)Oc3c(C)c(O)c4c(O)c(c5c(c4c3C2=O)NC2C=C(C)C=CN52)NC(=O)C(C)=CC=CC(C)C(O)C(C)C(O)C(C)C(O)C1C. The molecule has 13 nitrogen and oxygen atoms in total. The van der Waals surface area contributed by atoms with Gasteiger partial charge in [-0.15, -0.1) is 0 Å². The van der Waals surface area contributed by atoms with Crippen molar-refractivity contribution in [2.24, 2.45) is 23.7 Å². The minimum absolute atomic E-state index is 0.0203. The van der Waals surface area contributed by atoms with Crippen LogP contribution >= 0.6 is 0 Å². The van der Waals surface area contributed by atoms with E-state index in [1.165, 1.54) is 20.3 Å². The maximum atomic E-state index is 14.5. The molecule has 4 aliphatic heterocycles. The second-order valence-corrected chi connectivity index (χ2v) is 15.2. The van der Waals surface area contributed by atoms with Crippen molar-refractivity contribution in [3.05, 3.63) is 71.2 Å². The van der Waals surface area contributed by atoms with E-state index in [4.69, 9.17) is 14.2 Å². The average molecular weight is 746 g/mol. The molecule has 7 N–H and O–H groups in total. The lowest BCUT2D eigenvalue weighted by Gasteiger charge is -2.36. The summed E-state index contributed by atoms with van der Waals surface area (Å²) in [6.07, 6.45) is 9.07. The molecule has 10 unspecified atom stereocenters. The predicted octanol–water partition coefficient (Wildman–Crippen LogP) is 5.51. The number of aromatic hydroxyl groups is 2. The molecule has 10 atom stereocenters. The number of hydrogen-bond acceptors (Lipinski definition) is 12. The molecule has 4 bridgehead atoms. The number of phenolic OH excluding ortho intramolecular Hbond substituents is 2. The van der Waals surface area contributed by atoms with Crippen molar-refractivity contribution in [2.45, 2.75) is 91.8 Å². The zero-order valence-corrected chi connectivity index (χ0v) is 32.0. The Balaban J connectivity index is 1.54. The smallest absolute Gasteiger partial charge is 0.312 e. The number of fused-ring (bicyclic) bond motifs is 2. The van der Waals surface area contributed by atoms with Crippen LogP contribution in [0.2, 0.25) is 0 Å². The first-order valence-corrected chi connectivity index (χ1v) is 18.2. The van der Waals surface area contributed by atoms with Crippen LogP contribution in [0.3, 0.4) is 0 Å². The van der Waals surface area contributed by atoms with Crippen LogP contribution in [0.4, 0.5) is 17.1 Å². The third-order valence-corrected chi connectivity index (χ3v) is 11.5. The summed E-state index contributed by atoms with van der Waals surface area (Å²) in [6, 6.07) is 0. The molecule has 4 aliphatic rings. The summed E-state index contributed by atoms with van der Waals surface area (Å²) in [7, 11) is 1.47. The van der Waals surface area contributed by atoms with Crippen LogP contribution in [-0.4, -0.2) is 80.7 Å². The van der Waals surface area contributed by atoms with E-state index in [1.54, 1.807) is 72.0 Å². The van der Waals surface area contributed by atoms with Gasteiger partial charge in [-0.1, -0.05) is 45.9 Å². The molecule has 13 heteroatoms. The van der Waals surface area contributed by atoms with Crippen LogP contribution in [0.15, 0.2) is 60.1 Å². The normalized spacial score (nSPS) is 32.8. The van der Waals surface area contributed by atoms with Crippen molar-refractivity contribution in [1.29, 1.82) is 0 Å². The number of nitrogens with zero attached hydrogens (tertiary/aromatic N) is 1. The Morgan fingerprint density at radius 1 is 0.889 bits per heavy atom. The number of ketones is 1. The summed E-state index contributed by atoms with van der Waals surface area (Å²) in [6.45, 7) is 13.5. The van der Waals surface area contributed by atoms with E-state index in [0.29, 0.717) is 11.4 Å². The molecular formula is C41H51N3O10. The van der Waals surface area contributed by atoms with Gasteiger partial charge in [0.15, 0.2) is 5.75 Å². The van der Waals surface area contributed by atoms with Gasteiger partial charge in [-0.2, -0.15) is 0 Å². The molecule has 0 fully saturated rings. The van der Waals surface area contributed by atoms with Gasteiger partial charge in [0, 0.05) is 60.4 Å². The molecular weight excluding hydrogens is 694 g/mol. The summed E-state index contributed by atoms with van der Waals surface area (Å²) in [5.41, 5.74) is 2.26. The highest BCUT2D eigenvalue weighted by Gasteiger charge is 2.50. The van der Waals surface area contributed by atoms with Crippen LogP contribution in [-0.2, 0) is 14.3 Å². The van der Waals surface area contributed by atoms with E-state index in [2.05, 4.69) is 10.6 Å². The topological polar surface area (TPSA) is 190 Å². The van der Waals surface area contributed by atoms with Gasteiger partial charge in [-0.3, -0.25) is 9.59 Å². The lowest BCUT2D eigenvalue weighted by molar-refractivity contribution is -0.112. The van der Waals surface area contributed by atoms with Crippen molar-refractivity contribution in [3.63, 3.8) is 0 Å². The number of aliphatic hydroxyl groups excluding tert-OH is 3. The fourth-order valence-electron chi connectivity index (χ4n) is 7.88. The molecule has 0 spiro atoms. The molecule has 0 aliphatic carbocycles. The zero-order chi connectivity index (χ0) is 39.5.